The van der Waals surface area contributed by atoms with Crippen LogP contribution in [0.5, 0.6) is 0 Å². The van der Waals surface area contributed by atoms with E-state index in [2.05, 4.69) is 5.32 Å². The van der Waals surface area contributed by atoms with Gasteiger partial charge in [0.2, 0.25) is 5.91 Å². The number of likely N-dealkylation sites (N-methyl/N-ethyl adjacent to an activating group) is 1. The Kier molecular flexibility index (Phi) is 2.15. The lowest BCUT2D eigenvalue weighted by atomic mass is 10.1. The summed E-state index contributed by atoms with van der Waals surface area (Å²) in [4.78, 5) is 24.3. The predicted octanol–water partition coefficient (Wildman–Crippen LogP) is 0.532. The Balaban J connectivity index is 2.59. The van der Waals surface area contributed by atoms with Crippen LogP contribution in [-0.4, -0.2) is 25.4 Å². The van der Waals surface area contributed by atoms with Crippen LogP contribution in [0.4, 0.5) is 10.1 Å². The van der Waals surface area contributed by atoms with E-state index in [0.29, 0.717) is 5.69 Å². The quantitative estimate of drug-likeness (QED) is 0.676. The van der Waals surface area contributed by atoms with Gasteiger partial charge in [0.05, 0.1) is 17.8 Å². The van der Waals surface area contributed by atoms with Crippen molar-refractivity contribution < 1.29 is 14.0 Å². The van der Waals surface area contributed by atoms with Crippen molar-refractivity contribution in [3.63, 3.8) is 0 Å². The SMILES string of the molecule is CN1C(=O)CNC(=O)c2cc(F)ccc21. The molecule has 0 aliphatic carbocycles. The lowest BCUT2D eigenvalue weighted by Crippen LogP contribution is -2.33. The van der Waals surface area contributed by atoms with Crippen molar-refractivity contribution in [1.82, 2.24) is 5.32 Å². The summed E-state index contributed by atoms with van der Waals surface area (Å²) in [5, 5.41) is 2.41. The molecule has 1 aromatic carbocycles. The highest BCUT2D eigenvalue weighted by atomic mass is 19.1. The van der Waals surface area contributed by atoms with Crippen LogP contribution < -0.4 is 10.2 Å². The molecule has 0 radical (unpaired) electrons. The summed E-state index contributed by atoms with van der Waals surface area (Å²) in [6.45, 7) is -0.0639. The summed E-state index contributed by atoms with van der Waals surface area (Å²) in [6.07, 6.45) is 0. The minimum atomic E-state index is -0.494. The molecular weight excluding hydrogens is 199 g/mol. The van der Waals surface area contributed by atoms with Gasteiger partial charge in [-0.3, -0.25) is 9.59 Å². The topological polar surface area (TPSA) is 49.4 Å². The number of nitrogens with one attached hydrogen (secondary N) is 1. The second kappa shape index (κ2) is 3.34. The Hall–Kier alpha value is -1.91. The number of fused-ring (bicyclic) bond motifs is 1. The molecule has 0 bridgehead atoms. The van der Waals surface area contributed by atoms with Gasteiger partial charge in [-0.1, -0.05) is 0 Å². The van der Waals surface area contributed by atoms with Gasteiger partial charge in [0.15, 0.2) is 0 Å². The van der Waals surface area contributed by atoms with Gasteiger partial charge in [0, 0.05) is 7.05 Å². The van der Waals surface area contributed by atoms with E-state index in [1.165, 1.54) is 17.0 Å². The van der Waals surface area contributed by atoms with Crippen LogP contribution in [0.25, 0.3) is 0 Å². The first kappa shape index (κ1) is 9.64. The third-order valence-electron chi connectivity index (χ3n) is 2.34. The molecule has 5 heteroatoms. The maximum Gasteiger partial charge on any atom is 0.253 e. The molecular formula is C10H9FN2O2. The van der Waals surface area contributed by atoms with Gasteiger partial charge >= 0.3 is 0 Å². The van der Waals surface area contributed by atoms with Crippen LogP contribution in [0.2, 0.25) is 0 Å². The van der Waals surface area contributed by atoms with E-state index in [0.717, 1.165) is 6.07 Å². The molecule has 1 N–H and O–H groups in total. The number of carbonyl (C=O) groups is 2. The second-order valence-electron chi connectivity index (χ2n) is 3.30. The van der Waals surface area contributed by atoms with E-state index in [-0.39, 0.29) is 18.0 Å². The van der Waals surface area contributed by atoms with Gasteiger partial charge in [-0.2, -0.15) is 0 Å². The fraction of sp³-hybridized carbons (Fsp3) is 0.200. The molecule has 0 spiro atoms. The van der Waals surface area contributed by atoms with Crippen LogP contribution in [0, 0.1) is 5.82 Å². The molecule has 2 rings (SSSR count). The monoisotopic (exact) mass is 208 g/mol. The molecule has 1 aliphatic heterocycles. The van der Waals surface area contributed by atoms with Crippen LogP contribution in [0.3, 0.4) is 0 Å². The Morgan fingerprint density at radius 3 is 2.87 bits per heavy atom. The van der Waals surface area contributed by atoms with Crippen molar-refractivity contribution in [1.29, 1.82) is 0 Å². The van der Waals surface area contributed by atoms with E-state index < -0.39 is 11.7 Å². The summed E-state index contributed by atoms with van der Waals surface area (Å²) >= 11 is 0. The van der Waals surface area contributed by atoms with E-state index in [4.69, 9.17) is 0 Å². The first-order chi connectivity index (χ1) is 7.09. The second-order valence-corrected chi connectivity index (χ2v) is 3.30. The number of nitrogens with zero attached hydrogens (tertiary/aromatic N) is 1. The molecule has 4 nitrogen and oxygen atoms in total. The fourth-order valence-electron chi connectivity index (χ4n) is 1.49. The van der Waals surface area contributed by atoms with E-state index in [1.54, 1.807) is 7.05 Å². The van der Waals surface area contributed by atoms with Gasteiger partial charge in [0.1, 0.15) is 5.82 Å². The van der Waals surface area contributed by atoms with Gasteiger partial charge in [-0.25, -0.2) is 4.39 Å². The number of anilines is 1. The zero-order valence-electron chi connectivity index (χ0n) is 8.08. The van der Waals surface area contributed by atoms with E-state index in [9.17, 15) is 14.0 Å². The van der Waals surface area contributed by atoms with Crippen molar-refractivity contribution >= 4 is 17.5 Å². The lowest BCUT2D eigenvalue weighted by molar-refractivity contribution is -0.117. The minimum absolute atomic E-state index is 0.0639. The number of halogens is 1. The van der Waals surface area contributed by atoms with Crippen molar-refractivity contribution in [3.8, 4) is 0 Å². The Labute approximate surface area is 85.7 Å². The van der Waals surface area contributed by atoms with Gasteiger partial charge in [-0.15, -0.1) is 0 Å². The van der Waals surface area contributed by atoms with Crippen molar-refractivity contribution in [2.45, 2.75) is 0 Å². The summed E-state index contributed by atoms with van der Waals surface area (Å²) in [7, 11) is 1.55. The summed E-state index contributed by atoms with van der Waals surface area (Å²) in [6, 6.07) is 3.77. The Morgan fingerprint density at radius 2 is 2.13 bits per heavy atom. The Bertz CT molecular complexity index is 445. The lowest BCUT2D eigenvalue weighted by Gasteiger charge is -2.15. The highest BCUT2D eigenvalue weighted by Gasteiger charge is 2.23. The average molecular weight is 208 g/mol. The van der Waals surface area contributed by atoms with E-state index >= 15 is 0 Å². The summed E-state index contributed by atoms with van der Waals surface area (Å²) < 4.78 is 12.9. The standard InChI is InChI=1S/C10H9FN2O2/c1-13-8-3-2-6(11)4-7(8)10(15)12-5-9(13)14/h2-4H,5H2,1H3,(H,12,15). The highest BCUT2D eigenvalue weighted by Crippen LogP contribution is 2.22. The maximum absolute atomic E-state index is 12.9. The first-order valence-electron chi connectivity index (χ1n) is 4.44. The number of carbonyl (C=O) groups excluding carboxylic acids is 2. The molecule has 1 aliphatic rings. The zero-order chi connectivity index (χ0) is 11.0. The third kappa shape index (κ3) is 1.56. The Morgan fingerprint density at radius 1 is 1.40 bits per heavy atom. The fourth-order valence-corrected chi connectivity index (χ4v) is 1.49. The largest absolute Gasteiger partial charge is 0.343 e. The van der Waals surface area contributed by atoms with Gasteiger partial charge in [0.25, 0.3) is 5.91 Å². The van der Waals surface area contributed by atoms with Gasteiger partial charge in [-0.05, 0) is 18.2 Å². The molecule has 2 amide bonds. The first-order valence-corrected chi connectivity index (χ1v) is 4.44. The highest BCUT2D eigenvalue weighted by molar-refractivity contribution is 6.09. The van der Waals surface area contributed by atoms with Crippen LogP contribution >= 0.6 is 0 Å². The molecule has 15 heavy (non-hydrogen) atoms. The molecule has 0 unspecified atom stereocenters. The third-order valence-corrected chi connectivity index (χ3v) is 2.34. The smallest absolute Gasteiger partial charge is 0.253 e. The number of benzene rings is 1. The summed E-state index contributed by atoms with van der Waals surface area (Å²) in [5.41, 5.74) is 0.611. The molecule has 78 valence electrons. The van der Waals surface area contributed by atoms with Crippen LogP contribution in [0.1, 0.15) is 10.4 Å². The minimum Gasteiger partial charge on any atom is -0.343 e. The van der Waals surface area contributed by atoms with Crippen LogP contribution in [0.15, 0.2) is 18.2 Å². The average Bonchev–Trinajstić information content (AvgIpc) is 2.32. The van der Waals surface area contributed by atoms with Crippen molar-refractivity contribution in [3.05, 3.63) is 29.6 Å². The van der Waals surface area contributed by atoms with Crippen molar-refractivity contribution in [2.75, 3.05) is 18.5 Å². The van der Waals surface area contributed by atoms with Crippen LogP contribution in [-0.2, 0) is 4.79 Å². The molecule has 0 saturated carbocycles. The molecule has 1 aromatic rings. The van der Waals surface area contributed by atoms with Crippen molar-refractivity contribution in [2.24, 2.45) is 0 Å². The molecule has 0 fully saturated rings. The zero-order valence-corrected chi connectivity index (χ0v) is 8.08. The maximum atomic E-state index is 12.9. The number of amides is 2. The molecule has 1 heterocycles. The molecule has 0 aromatic heterocycles. The number of rotatable bonds is 0. The number of hydrogen-bond acceptors (Lipinski definition) is 2. The van der Waals surface area contributed by atoms with E-state index in [1.807, 2.05) is 0 Å². The predicted molar refractivity (Wildman–Crippen MR) is 52.1 cm³/mol. The number of hydrogen-bond donors (Lipinski definition) is 1. The molecule has 0 saturated heterocycles. The normalized spacial score (nSPS) is 15.7. The summed E-state index contributed by atoms with van der Waals surface area (Å²) in [5.74, 6) is -1.15. The molecule has 0 atom stereocenters. The van der Waals surface area contributed by atoms with Gasteiger partial charge < -0.3 is 10.2 Å².